The van der Waals surface area contributed by atoms with Crippen LogP contribution in [0.15, 0.2) is 134 Å². The van der Waals surface area contributed by atoms with Gasteiger partial charge in [-0.15, -0.1) is 0 Å². The molecule has 0 amide bonds. The highest BCUT2D eigenvalue weighted by Crippen LogP contribution is 2.12. The summed E-state index contributed by atoms with van der Waals surface area (Å²) in [5.41, 5.74) is 0. The minimum atomic E-state index is -0.827. The summed E-state index contributed by atoms with van der Waals surface area (Å²) in [6, 6.07) is 0. The van der Waals surface area contributed by atoms with Gasteiger partial charge < -0.3 is 14.2 Å². The zero-order valence-electron chi connectivity index (χ0n) is 40.7. The Morgan fingerprint density at radius 2 is 0.609 bits per heavy atom. The van der Waals surface area contributed by atoms with Crippen LogP contribution in [0.3, 0.4) is 0 Å². The summed E-state index contributed by atoms with van der Waals surface area (Å²) < 4.78 is 16.7. The Bertz CT molecular complexity index is 1430. The molecule has 0 saturated heterocycles. The summed E-state index contributed by atoms with van der Waals surface area (Å²) in [4.78, 5) is 37.9. The van der Waals surface area contributed by atoms with Crippen molar-refractivity contribution in [2.24, 2.45) is 0 Å². The quantitative estimate of drug-likeness (QED) is 0.0263. The van der Waals surface area contributed by atoms with Gasteiger partial charge in [0.2, 0.25) is 0 Å². The van der Waals surface area contributed by atoms with Crippen LogP contribution in [-0.2, 0) is 28.6 Å². The molecule has 0 radical (unpaired) electrons. The van der Waals surface area contributed by atoms with Crippen molar-refractivity contribution < 1.29 is 28.6 Å². The third-order valence-corrected chi connectivity index (χ3v) is 10.1. The lowest BCUT2D eigenvalue weighted by molar-refractivity contribution is -0.167. The number of unbranched alkanes of at least 4 members (excludes halogenated alkanes) is 18. The van der Waals surface area contributed by atoms with E-state index in [0.29, 0.717) is 19.3 Å². The average Bonchev–Trinajstić information content (AvgIpc) is 3.29. The molecule has 0 heterocycles. The Balaban J connectivity index is 4.56. The van der Waals surface area contributed by atoms with Crippen molar-refractivity contribution in [1.29, 1.82) is 0 Å². The first-order valence-electron chi connectivity index (χ1n) is 25.3. The van der Waals surface area contributed by atoms with Gasteiger partial charge in [0.15, 0.2) is 6.10 Å². The summed E-state index contributed by atoms with van der Waals surface area (Å²) >= 11 is 0. The first-order chi connectivity index (χ1) is 31.5. The molecule has 358 valence electrons. The molecule has 0 aliphatic heterocycles. The monoisotopic (exact) mass is 883 g/mol. The molecule has 0 aromatic rings. The van der Waals surface area contributed by atoms with E-state index < -0.39 is 6.10 Å². The van der Waals surface area contributed by atoms with Crippen molar-refractivity contribution in [2.45, 2.75) is 200 Å². The first-order valence-corrected chi connectivity index (χ1v) is 25.3. The van der Waals surface area contributed by atoms with Crippen LogP contribution in [-0.4, -0.2) is 37.2 Å². The third kappa shape index (κ3) is 48.6. The second-order valence-electron chi connectivity index (χ2n) is 16.2. The SMILES string of the molecule is CC\C=C/C=C\C=C/C=C\C=C/CCCCCC(=O)OC(COC(=O)CCCCC\C=C/C=C\C=C/C=C\CC)COC(=O)CCCCCCC/C=C\C=C/CCCCCCCCC. The molecule has 0 N–H and O–H groups in total. The van der Waals surface area contributed by atoms with E-state index in [0.717, 1.165) is 96.3 Å². The zero-order valence-corrected chi connectivity index (χ0v) is 40.7. The minimum absolute atomic E-state index is 0.122. The van der Waals surface area contributed by atoms with Gasteiger partial charge in [0.25, 0.3) is 0 Å². The number of carbonyl (C=O) groups excluding carboxylic acids is 3. The Morgan fingerprint density at radius 3 is 0.984 bits per heavy atom. The lowest BCUT2D eigenvalue weighted by atomic mass is 10.1. The normalized spacial score (nSPS) is 13.2. The highest BCUT2D eigenvalue weighted by Gasteiger charge is 2.19. The van der Waals surface area contributed by atoms with Gasteiger partial charge in [-0.25, -0.2) is 0 Å². The van der Waals surface area contributed by atoms with Gasteiger partial charge in [-0.2, -0.15) is 0 Å². The molecule has 6 nitrogen and oxygen atoms in total. The zero-order chi connectivity index (χ0) is 46.5. The third-order valence-electron chi connectivity index (χ3n) is 10.1. The predicted octanol–water partition coefficient (Wildman–Crippen LogP) is 16.7. The maximum absolute atomic E-state index is 12.8. The van der Waals surface area contributed by atoms with Crippen LogP contribution in [0, 0.1) is 0 Å². The number of hydrogen-bond acceptors (Lipinski definition) is 6. The molecular weight excluding hydrogens is 793 g/mol. The fraction of sp³-hybridized carbons (Fsp3) is 0.569. The average molecular weight is 883 g/mol. The standard InChI is InChI=1S/C58H90O6/c1-4-7-10-13-16-19-22-25-27-28-29-31-33-36-39-42-45-48-51-57(60)63-54-55(53-62-56(59)50-47-44-41-38-35-32-24-21-18-15-12-9-6-3)64-58(61)52-49-46-43-40-37-34-30-26-23-20-17-14-11-8-5-2/h8-9,11-12,14-15,17-18,20-21,23-24,26-32,34-35,37,55H,4-7,10,13,16,19,22,25,33,36,38-54H2,1-3H3/b11-8-,12-9-,17-14-,18-15-,23-20-,24-21-,28-27-,30-26-,31-29-,35-32-,37-34-. The molecule has 0 bridgehead atoms. The summed E-state index contributed by atoms with van der Waals surface area (Å²) in [5, 5.41) is 0. The van der Waals surface area contributed by atoms with Crippen molar-refractivity contribution in [1.82, 2.24) is 0 Å². The van der Waals surface area contributed by atoms with Crippen molar-refractivity contribution in [2.75, 3.05) is 13.2 Å². The van der Waals surface area contributed by atoms with Gasteiger partial charge in [0, 0.05) is 19.3 Å². The van der Waals surface area contributed by atoms with Crippen LogP contribution in [0.2, 0.25) is 0 Å². The van der Waals surface area contributed by atoms with E-state index in [2.05, 4.69) is 69.4 Å². The number of rotatable bonds is 43. The topological polar surface area (TPSA) is 78.9 Å². The molecule has 1 atom stereocenters. The molecule has 1 unspecified atom stereocenters. The van der Waals surface area contributed by atoms with Crippen molar-refractivity contribution in [3.05, 3.63) is 134 Å². The van der Waals surface area contributed by atoms with E-state index in [1.165, 1.54) is 51.4 Å². The van der Waals surface area contributed by atoms with E-state index in [9.17, 15) is 14.4 Å². The molecule has 0 fully saturated rings. The molecule has 64 heavy (non-hydrogen) atoms. The van der Waals surface area contributed by atoms with E-state index >= 15 is 0 Å². The maximum Gasteiger partial charge on any atom is 0.306 e. The Labute approximate surface area is 392 Å². The fourth-order valence-corrected chi connectivity index (χ4v) is 6.34. The van der Waals surface area contributed by atoms with Crippen LogP contribution in [0.1, 0.15) is 194 Å². The molecule has 6 heteroatoms. The van der Waals surface area contributed by atoms with Gasteiger partial charge in [-0.1, -0.05) is 225 Å². The van der Waals surface area contributed by atoms with Crippen LogP contribution < -0.4 is 0 Å². The number of hydrogen-bond donors (Lipinski definition) is 0. The van der Waals surface area contributed by atoms with Crippen molar-refractivity contribution >= 4 is 17.9 Å². The molecule has 0 rings (SSSR count). The number of allylic oxidation sites excluding steroid dienone is 22. The lowest BCUT2D eigenvalue weighted by Crippen LogP contribution is -2.30. The van der Waals surface area contributed by atoms with Crippen LogP contribution >= 0.6 is 0 Å². The molecule has 0 saturated carbocycles. The largest absolute Gasteiger partial charge is 0.462 e. The molecule has 0 aliphatic rings. The second kappa shape index (κ2) is 51.2. The molecule has 0 aromatic heterocycles. The van der Waals surface area contributed by atoms with Crippen molar-refractivity contribution in [3.63, 3.8) is 0 Å². The fourth-order valence-electron chi connectivity index (χ4n) is 6.34. The summed E-state index contributed by atoms with van der Waals surface area (Å²) in [6.45, 7) is 6.24. The second-order valence-corrected chi connectivity index (χ2v) is 16.2. The Kier molecular flexibility index (Phi) is 47.6. The van der Waals surface area contributed by atoms with E-state index in [-0.39, 0.29) is 37.5 Å². The summed E-state index contributed by atoms with van der Waals surface area (Å²) in [7, 11) is 0. The van der Waals surface area contributed by atoms with Crippen molar-refractivity contribution in [3.8, 4) is 0 Å². The van der Waals surface area contributed by atoms with E-state index in [1.54, 1.807) is 0 Å². The van der Waals surface area contributed by atoms with Gasteiger partial charge >= 0.3 is 17.9 Å². The minimum Gasteiger partial charge on any atom is -0.462 e. The smallest absolute Gasteiger partial charge is 0.306 e. The van der Waals surface area contributed by atoms with Crippen LogP contribution in [0.25, 0.3) is 0 Å². The molecule has 0 spiro atoms. The highest BCUT2D eigenvalue weighted by molar-refractivity contribution is 5.71. The Morgan fingerprint density at radius 1 is 0.328 bits per heavy atom. The summed E-state index contributed by atoms with van der Waals surface area (Å²) in [6.07, 6.45) is 71.5. The number of ether oxygens (including phenoxy) is 3. The van der Waals surface area contributed by atoms with Gasteiger partial charge in [0.05, 0.1) is 0 Å². The van der Waals surface area contributed by atoms with E-state index in [1.807, 2.05) is 85.1 Å². The summed E-state index contributed by atoms with van der Waals surface area (Å²) in [5.74, 6) is -1.03. The first kappa shape index (κ1) is 59.5. The number of esters is 3. The van der Waals surface area contributed by atoms with E-state index in [4.69, 9.17) is 14.2 Å². The predicted molar refractivity (Wildman–Crippen MR) is 274 cm³/mol. The van der Waals surface area contributed by atoms with Gasteiger partial charge in [0.1, 0.15) is 13.2 Å². The maximum atomic E-state index is 12.8. The number of carbonyl (C=O) groups is 3. The highest BCUT2D eigenvalue weighted by atomic mass is 16.6. The van der Waals surface area contributed by atoms with Crippen LogP contribution in [0.4, 0.5) is 0 Å². The Hall–Kier alpha value is -4.45. The molecule has 0 aromatic carbocycles. The van der Waals surface area contributed by atoms with Crippen LogP contribution in [0.5, 0.6) is 0 Å². The lowest BCUT2D eigenvalue weighted by Gasteiger charge is -2.18. The van der Waals surface area contributed by atoms with Gasteiger partial charge in [-0.05, 0) is 83.5 Å². The molecule has 0 aliphatic carbocycles. The molecular formula is C58H90O6. The van der Waals surface area contributed by atoms with Gasteiger partial charge in [-0.3, -0.25) is 14.4 Å².